The molecule has 1 aromatic rings. The summed E-state index contributed by atoms with van der Waals surface area (Å²) < 4.78 is 0. The van der Waals surface area contributed by atoms with Crippen LogP contribution in [0.2, 0.25) is 0 Å². The van der Waals surface area contributed by atoms with Crippen LogP contribution in [0, 0.1) is 0 Å². The van der Waals surface area contributed by atoms with E-state index in [1.165, 1.54) is 18.5 Å². The minimum absolute atomic E-state index is 0.0148. The first kappa shape index (κ1) is 10.9. The molecule has 0 saturated heterocycles. The molecule has 16 heavy (non-hydrogen) atoms. The fourth-order valence-corrected chi connectivity index (χ4v) is 1.89. The van der Waals surface area contributed by atoms with Gasteiger partial charge in [-0.15, -0.1) is 0 Å². The molecule has 2 rings (SSSR count). The van der Waals surface area contributed by atoms with E-state index in [4.69, 9.17) is 5.11 Å². The van der Waals surface area contributed by atoms with Gasteiger partial charge in [-0.05, 0) is 25.3 Å². The summed E-state index contributed by atoms with van der Waals surface area (Å²) >= 11 is 0. The van der Waals surface area contributed by atoms with Crippen LogP contribution >= 0.6 is 0 Å². The van der Waals surface area contributed by atoms with E-state index >= 15 is 0 Å². The van der Waals surface area contributed by atoms with Gasteiger partial charge >= 0.3 is 5.97 Å². The summed E-state index contributed by atoms with van der Waals surface area (Å²) in [5.74, 6) is -0.989. The topological polar surface area (TPSA) is 82.5 Å². The minimum Gasteiger partial charge on any atom is -0.478 e. The first-order valence-corrected chi connectivity index (χ1v) is 5.23. The van der Waals surface area contributed by atoms with Gasteiger partial charge in [-0.2, -0.15) is 0 Å². The number of aliphatic hydroxyl groups is 1. The molecule has 0 spiro atoms. The summed E-state index contributed by atoms with van der Waals surface area (Å²) in [5, 5.41) is 21.4. The molecule has 0 aromatic carbocycles. The smallest absolute Gasteiger partial charge is 0.337 e. The number of anilines is 1. The zero-order chi connectivity index (χ0) is 11.6. The molecule has 3 N–H and O–H groups in total. The third-order valence-corrected chi connectivity index (χ3v) is 3.06. The van der Waals surface area contributed by atoms with Crippen LogP contribution in [0.5, 0.6) is 0 Å². The molecule has 0 amide bonds. The van der Waals surface area contributed by atoms with Crippen LogP contribution in [-0.2, 0) is 0 Å². The number of hydrogen-bond donors (Lipinski definition) is 3. The average Bonchev–Trinajstić information content (AvgIpc) is 2.24. The number of carboxylic acid groups (broad SMARTS) is 1. The highest BCUT2D eigenvalue weighted by Gasteiger charge is 2.36. The average molecular weight is 222 g/mol. The zero-order valence-corrected chi connectivity index (χ0v) is 8.81. The molecular formula is C11H14N2O3. The van der Waals surface area contributed by atoms with Gasteiger partial charge in [0.25, 0.3) is 0 Å². The van der Waals surface area contributed by atoms with Crippen LogP contribution in [0.4, 0.5) is 5.69 Å². The molecule has 86 valence electrons. The molecule has 1 aliphatic carbocycles. The van der Waals surface area contributed by atoms with Crippen LogP contribution in [0.15, 0.2) is 18.5 Å². The Balaban J connectivity index is 2.23. The predicted octanol–water partition coefficient (Wildman–Crippen LogP) is 1.11. The Hall–Kier alpha value is -1.62. The second-order valence-electron chi connectivity index (χ2n) is 4.14. The Morgan fingerprint density at radius 2 is 2.31 bits per heavy atom. The van der Waals surface area contributed by atoms with Gasteiger partial charge in [-0.1, -0.05) is 0 Å². The van der Waals surface area contributed by atoms with Gasteiger partial charge in [0.05, 0.1) is 29.6 Å². The van der Waals surface area contributed by atoms with Crippen molar-refractivity contribution < 1.29 is 15.0 Å². The molecule has 1 saturated carbocycles. The number of rotatable bonds is 4. The molecule has 5 nitrogen and oxygen atoms in total. The third kappa shape index (κ3) is 1.86. The molecule has 5 heteroatoms. The highest BCUT2D eigenvalue weighted by Crippen LogP contribution is 2.35. The van der Waals surface area contributed by atoms with E-state index in [0.717, 1.165) is 19.3 Å². The number of hydrogen-bond acceptors (Lipinski definition) is 4. The van der Waals surface area contributed by atoms with Gasteiger partial charge in [0.1, 0.15) is 0 Å². The fraction of sp³-hybridized carbons (Fsp3) is 0.455. The van der Waals surface area contributed by atoms with Gasteiger partial charge in [0.2, 0.25) is 0 Å². The number of nitrogens with zero attached hydrogens (tertiary/aromatic N) is 1. The van der Waals surface area contributed by atoms with Crippen LogP contribution < -0.4 is 5.32 Å². The maximum absolute atomic E-state index is 11.0. The highest BCUT2D eigenvalue weighted by molar-refractivity contribution is 5.94. The Kier molecular flexibility index (Phi) is 2.78. The zero-order valence-electron chi connectivity index (χ0n) is 8.81. The first-order chi connectivity index (χ1) is 7.67. The van der Waals surface area contributed by atoms with Crippen molar-refractivity contribution in [3.63, 3.8) is 0 Å². The lowest BCUT2D eigenvalue weighted by atomic mass is 9.77. The molecular weight excluding hydrogens is 208 g/mol. The fourth-order valence-electron chi connectivity index (χ4n) is 1.89. The van der Waals surface area contributed by atoms with E-state index in [1.54, 1.807) is 0 Å². The van der Waals surface area contributed by atoms with Crippen molar-refractivity contribution in [3.05, 3.63) is 24.0 Å². The van der Waals surface area contributed by atoms with E-state index in [9.17, 15) is 9.90 Å². The van der Waals surface area contributed by atoms with Crippen LogP contribution in [0.3, 0.4) is 0 Å². The second kappa shape index (κ2) is 4.09. The van der Waals surface area contributed by atoms with Crippen molar-refractivity contribution in [2.75, 3.05) is 11.9 Å². The summed E-state index contributed by atoms with van der Waals surface area (Å²) in [6.45, 7) is 0.0148. The van der Waals surface area contributed by atoms with E-state index < -0.39 is 5.97 Å². The van der Waals surface area contributed by atoms with Crippen molar-refractivity contribution in [2.24, 2.45) is 0 Å². The highest BCUT2D eigenvalue weighted by atomic mass is 16.4. The normalized spacial score (nSPS) is 17.6. The van der Waals surface area contributed by atoms with E-state index in [1.807, 2.05) is 0 Å². The SMILES string of the molecule is O=C(O)c1ccncc1NC1(CO)CCC1. The Morgan fingerprint density at radius 3 is 2.81 bits per heavy atom. The molecule has 0 bridgehead atoms. The second-order valence-corrected chi connectivity index (χ2v) is 4.14. The Labute approximate surface area is 93.1 Å². The number of aromatic nitrogens is 1. The number of nitrogens with one attached hydrogen (secondary N) is 1. The molecule has 0 unspecified atom stereocenters. The standard InChI is InChI=1S/C11H14N2O3/c14-7-11(3-1-4-11)13-9-6-12-5-2-8(9)10(15)16/h2,5-6,13-14H,1,3-4,7H2,(H,15,16). The molecule has 1 fully saturated rings. The third-order valence-electron chi connectivity index (χ3n) is 3.06. The van der Waals surface area contributed by atoms with Crippen molar-refractivity contribution >= 4 is 11.7 Å². The van der Waals surface area contributed by atoms with Crippen molar-refractivity contribution in [3.8, 4) is 0 Å². The van der Waals surface area contributed by atoms with Crippen molar-refractivity contribution in [2.45, 2.75) is 24.8 Å². The lowest BCUT2D eigenvalue weighted by Gasteiger charge is -2.42. The predicted molar refractivity (Wildman–Crippen MR) is 58.5 cm³/mol. The number of aromatic carboxylic acids is 1. The number of pyridine rings is 1. The summed E-state index contributed by atoms with van der Waals surface area (Å²) in [4.78, 5) is 14.9. The first-order valence-electron chi connectivity index (χ1n) is 5.23. The number of carbonyl (C=O) groups is 1. The summed E-state index contributed by atoms with van der Waals surface area (Å²) in [5.41, 5.74) is 0.311. The van der Waals surface area contributed by atoms with Crippen LogP contribution in [0.1, 0.15) is 29.6 Å². The van der Waals surface area contributed by atoms with E-state index in [0.29, 0.717) is 5.69 Å². The monoisotopic (exact) mass is 222 g/mol. The van der Waals surface area contributed by atoms with Gasteiger partial charge in [0, 0.05) is 6.20 Å². The van der Waals surface area contributed by atoms with E-state index in [2.05, 4.69) is 10.3 Å². The van der Waals surface area contributed by atoms with Gasteiger partial charge in [-0.25, -0.2) is 4.79 Å². The molecule has 0 aliphatic heterocycles. The van der Waals surface area contributed by atoms with Gasteiger partial charge in [-0.3, -0.25) is 4.98 Å². The lowest BCUT2D eigenvalue weighted by molar-refractivity contribution is 0.0697. The van der Waals surface area contributed by atoms with Crippen LogP contribution in [-0.4, -0.2) is 33.3 Å². The summed E-state index contributed by atoms with van der Waals surface area (Å²) in [7, 11) is 0. The molecule has 1 aromatic heterocycles. The minimum atomic E-state index is -0.989. The molecule has 1 aliphatic rings. The maximum atomic E-state index is 11.0. The summed E-state index contributed by atoms with van der Waals surface area (Å²) in [6, 6.07) is 1.45. The van der Waals surface area contributed by atoms with Gasteiger partial charge in [0.15, 0.2) is 0 Å². The Morgan fingerprint density at radius 1 is 1.56 bits per heavy atom. The molecule has 0 atom stereocenters. The van der Waals surface area contributed by atoms with Gasteiger partial charge < -0.3 is 15.5 Å². The molecule has 1 heterocycles. The van der Waals surface area contributed by atoms with Crippen molar-refractivity contribution in [1.82, 2.24) is 4.98 Å². The van der Waals surface area contributed by atoms with Crippen LogP contribution in [0.25, 0.3) is 0 Å². The van der Waals surface area contributed by atoms with Crippen molar-refractivity contribution in [1.29, 1.82) is 0 Å². The number of carboxylic acids is 1. The molecule has 0 radical (unpaired) electrons. The largest absolute Gasteiger partial charge is 0.478 e. The maximum Gasteiger partial charge on any atom is 0.337 e. The lowest BCUT2D eigenvalue weighted by Crippen LogP contribution is -2.48. The Bertz CT molecular complexity index is 396. The summed E-state index contributed by atoms with van der Waals surface area (Å²) in [6.07, 6.45) is 5.70. The van der Waals surface area contributed by atoms with E-state index in [-0.39, 0.29) is 17.7 Å². The number of aliphatic hydroxyl groups excluding tert-OH is 1. The quantitative estimate of drug-likeness (QED) is 0.710.